The van der Waals surface area contributed by atoms with Gasteiger partial charge in [0.2, 0.25) is 11.8 Å². The molecule has 3 unspecified atom stereocenters. The number of esters is 1. The van der Waals surface area contributed by atoms with Crippen LogP contribution in [0.5, 0.6) is 0 Å². The molecule has 0 saturated heterocycles. The number of amides is 3. The smallest absolute Gasteiger partial charge is 0.408 e. The number of hydrogen-bond acceptors (Lipinski definition) is 7. The van der Waals surface area contributed by atoms with Crippen LogP contribution in [0.25, 0.3) is 0 Å². The lowest BCUT2D eigenvalue weighted by atomic mass is 9.99. The Morgan fingerprint density at radius 3 is 1.62 bits per heavy atom. The first kappa shape index (κ1) is 36.8. The quantitative estimate of drug-likeness (QED) is 0.228. The molecule has 0 aliphatic heterocycles. The normalized spacial score (nSPS) is 13.4. The van der Waals surface area contributed by atoms with Crippen LogP contribution in [0.1, 0.15) is 64.3 Å². The number of ether oxygens (including phenoxy) is 2. The Hall–Kier alpha value is -4.70. The molecule has 3 atom stereocenters. The lowest BCUT2D eigenvalue weighted by Crippen LogP contribution is -2.56. The van der Waals surface area contributed by atoms with Gasteiger partial charge in [-0.2, -0.15) is 0 Å². The summed E-state index contributed by atoms with van der Waals surface area (Å²) in [5.41, 5.74) is 0.376. The van der Waals surface area contributed by atoms with Crippen molar-refractivity contribution in [1.29, 1.82) is 0 Å². The zero-order valence-corrected chi connectivity index (χ0v) is 28.1. The zero-order chi connectivity index (χ0) is 34.6. The van der Waals surface area contributed by atoms with E-state index in [0.29, 0.717) is 5.56 Å². The highest BCUT2D eigenvalue weighted by atomic mass is 16.6. The van der Waals surface area contributed by atoms with Gasteiger partial charge in [0.15, 0.2) is 0 Å². The van der Waals surface area contributed by atoms with Crippen LogP contribution in [0.2, 0.25) is 0 Å². The first-order valence-electron chi connectivity index (χ1n) is 15.7. The summed E-state index contributed by atoms with van der Waals surface area (Å²) in [6.07, 6.45) is -0.559. The molecular formula is C37H47N3O7. The second kappa shape index (κ2) is 16.7. The van der Waals surface area contributed by atoms with Gasteiger partial charge in [-0.1, -0.05) is 91.0 Å². The molecule has 0 radical (unpaired) electrons. The summed E-state index contributed by atoms with van der Waals surface area (Å²) >= 11 is 0. The standard InChI is InChI=1S/C37H47N3O7/c1-36(2,3)46-34(44)30(25-27-18-12-8-13-19-27)38-32(42)31(28-20-14-9-15-21-28)40(22-23-41)33(43)29(24-26-16-10-7-11-17-26)39-35(45)47-37(4,5)6/h7-21,29-31,41H,22-25H2,1-6H3,(H,38,42)(H,39,45). The topological polar surface area (TPSA) is 134 Å². The maximum absolute atomic E-state index is 14.4. The molecule has 3 rings (SSSR count). The Bertz CT molecular complexity index is 1450. The van der Waals surface area contributed by atoms with E-state index in [1.54, 1.807) is 71.9 Å². The molecule has 0 heterocycles. The molecule has 3 amide bonds. The number of alkyl carbamates (subject to hydrolysis) is 1. The minimum absolute atomic E-state index is 0.0957. The average Bonchev–Trinajstić information content (AvgIpc) is 2.99. The van der Waals surface area contributed by atoms with E-state index in [0.717, 1.165) is 11.1 Å². The van der Waals surface area contributed by atoms with Gasteiger partial charge in [0.25, 0.3) is 0 Å². The third-order valence-electron chi connectivity index (χ3n) is 6.86. The van der Waals surface area contributed by atoms with Crippen LogP contribution in [0, 0.1) is 0 Å². The summed E-state index contributed by atoms with van der Waals surface area (Å²) in [5, 5.41) is 15.7. The van der Waals surface area contributed by atoms with E-state index in [-0.39, 0.29) is 19.4 Å². The van der Waals surface area contributed by atoms with E-state index in [1.165, 1.54) is 4.90 Å². The summed E-state index contributed by atoms with van der Waals surface area (Å²) in [7, 11) is 0. The number of nitrogens with one attached hydrogen (secondary N) is 2. The summed E-state index contributed by atoms with van der Waals surface area (Å²) < 4.78 is 11.1. The Labute approximate surface area is 277 Å². The van der Waals surface area contributed by atoms with Crippen LogP contribution >= 0.6 is 0 Å². The van der Waals surface area contributed by atoms with Gasteiger partial charge in [-0.25, -0.2) is 9.59 Å². The molecule has 3 aromatic rings. The SMILES string of the molecule is CC(C)(C)OC(=O)NC(Cc1ccccc1)C(=O)N(CCO)C(C(=O)NC(Cc1ccccc1)C(=O)OC(C)(C)C)c1ccccc1. The summed E-state index contributed by atoms with van der Waals surface area (Å²) in [5.74, 6) is -1.90. The van der Waals surface area contributed by atoms with Crippen molar-refractivity contribution in [2.24, 2.45) is 0 Å². The second-order valence-corrected chi connectivity index (χ2v) is 13.2. The summed E-state index contributed by atoms with van der Waals surface area (Å²) in [6.45, 7) is 9.66. The number of carbonyl (C=O) groups excluding carboxylic acids is 4. The number of rotatable bonds is 13. The lowest BCUT2D eigenvalue weighted by molar-refractivity contribution is -0.159. The minimum atomic E-state index is -1.27. The average molecular weight is 646 g/mol. The molecule has 3 N–H and O–H groups in total. The predicted molar refractivity (Wildman–Crippen MR) is 179 cm³/mol. The highest BCUT2D eigenvalue weighted by molar-refractivity contribution is 5.94. The molecule has 0 saturated carbocycles. The molecule has 0 aliphatic carbocycles. The summed E-state index contributed by atoms with van der Waals surface area (Å²) in [6, 6.07) is 23.4. The van der Waals surface area contributed by atoms with Crippen molar-refractivity contribution in [2.45, 2.75) is 83.7 Å². The molecule has 10 heteroatoms. The van der Waals surface area contributed by atoms with Crippen molar-refractivity contribution in [2.75, 3.05) is 13.2 Å². The van der Waals surface area contributed by atoms with Crippen molar-refractivity contribution < 1.29 is 33.8 Å². The molecule has 47 heavy (non-hydrogen) atoms. The first-order valence-corrected chi connectivity index (χ1v) is 15.7. The van der Waals surface area contributed by atoms with Crippen molar-refractivity contribution in [1.82, 2.24) is 15.5 Å². The molecule has 0 fully saturated rings. The van der Waals surface area contributed by atoms with E-state index < -0.39 is 59.8 Å². The predicted octanol–water partition coefficient (Wildman–Crippen LogP) is 4.75. The third kappa shape index (κ3) is 12.2. The fraction of sp³-hybridized carbons (Fsp3) is 0.405. The Morgan fingerprint density at radius 2 is 1.15 bits per heavy atom. The van der Waals surface area contributed by atoms with Gasteiger partial charge in [0.05, 0.1) is 6.61 Å². The fourth-order valence-corrected chi connectivity index (χ4v) is 4.95. The summed E-state index contributed by atoms with van der Waals surface area (Å²) in [4.78, 5) is 56.3. The highest BCUT2D eigenvalue weighted by Crippen LogP contribution is 2.24. The number of benzene rings is 3. The van der Waals surface area contributed by atoms with Crippen LogP contribution < -0.4 is 10.6 Å². The molecule has 0 spiro atoms. The first-order chi connectivity index (χ1) is 22.2. The number of nitrogens with zero attached hydrogens (tertiary/aromatic N) is 1. The maximum Gasteiger partial charge on any atom is 0.408 e. The van der Waals surface area contributed by atoms with Crippen molar-refractivity contribution >= 4 is 23.9 Å². The second-order valence-electron chi connectivity index (χ2n) is 13.2. The maximum atomic E-state index is 14.4. The Morgan fingerprint density at radius 1 is 0.681 bits per heavy atom. The van der Waals surface area contributed by atoms with Crippen molar-refractivity contribution in [3.8, 4) is 0 Å². The van der Waals surface area contributed by atoms with Crippen LogP contribution in [-0.2, 0) is 36.7 Å². The Kier molecular flexibility index (Phi) is 13.1. The fourth-order valence-electron chi connectivity index (χ4n) is 4.95. The van der Waals surface area contributed by atoms with Gasteiger partial charge in [0, 0.05) is 19.4 Å². The minimum Gasteiger partial charge on any atom is -0.458 e. The van der Waals surface area contributed by atoms with E-state index in [1.807, 2.05) is 60.7 Å². The lowest BCUT2D eigenvalue weighted by Gasteiger charge is -2.35. The van der Waals surface area contributed by atoms with E-state index in [2.05, 4.69) is 10.6 Å². The van der Waals surface area contributed by atoms with Gasteiger partial charge < -0.3 is 30.1 Å². The van der Waals surface area contributed by atoms with Gasteiger partial charge in [-0.3, -0.25) is 9.59 Å². The molecule has 0 aromatic heterocycles. The Balaban J connectivity index is 2.03. The molecule has 3 aromatic carbocycles. The number of aliphatic hydroxyl groups excluding tert-OH is 1. The van der Waals surface area contributed by atoms with Gasteiger partial charge in [-0.05, 0) is 58.2 Å². The highest BCUT2D eigenvalue weighted by Gasteiger charge is 2.38. The molecular weight excluding hydrogens is 598 g/mol. The number of aliphatic hydroxyl groups is 1. The number of carbonyl (C=O) groups is 4. The molecule has 252 valence electrons. The van der Waals surface area contributed by atoms with Gasteiger partial charge in [-0.15, -0.1) is 0 Å². The van der Waals surface area contributed by atoms with E-state index in [4.69, 9.17) is 9.47 Å². The van der Waals surface area contributed by atoms with Gasteiger partial charge in [0.1, 0.15) is 29.3 Å². The van der Waals surface area contributed by atoms with Crippen LogP contribution in [-0.4, -0.2) is 70.3 Å². The third-order valence-corrected chi connectivity index (χ3v) is 6.86. The largest absolute Gasteiger partial charge is 0.458 e. The molecule has 0 bridgehead atoms. The van der Waals surface area contributed by atoms with Crippen LogP contribution in [0.15, 0.2) is 91.0 Å². The molecule has 0 aliphatic rings. The van der Waals surface area contributed by atoms with Crippen LogP contribution in [0.3, 0.4) is 0 Å². The van der Waals surface area contributed by atoms with E-state index >= 15 is 0 Å². The number of hydrogen-bond donors (Lipinski definition) is 3. The monoisotopic (exact) mass is 645 g/mol. The zero-order valence-electron chi connectivity index (χ0n) is 28.1. The van der Waals surface area contributed by atoms with E-state index in [9.17, 15) is 24.3 Å². The van der Waals surface area contributed by atoms with Crippen LogP contribution in [0.4, 0.5) is 4.79 Å². The van der Waals surface area contributed by atoms with Gasteiger partial charge >= 0.3 is 12.1 Å². The molecule has 10 nitrogen and oxygen atoms in total. The van der Waals surface area contributed by atoms with Crippen molar-refractivity contribution in [3.63, 3.8) is 0 Å². The van der Waals surface area contributed by atoms with Crippen molar-refractivity contribution in [3.05, 3.63) is 108 Å².